The summed E-state index contributed by atoms with van der Waals surface area (Å²) in [6.45, 7) is 4.41. The van der Waals surface area contributed by atoms with Gasteiger partial charge in [0.05, 0.1) is 12.2 Å². The molecule has 0 aliphatic rings. The molecule has 1 N–H and O–H groups in total. The first kappa shape index (κ1) is 19.4. The van der Waals surface area contributed by atoms with Gasteiger partial charge in [-0.3, -0.25) is 9.59 Å². The third-order valence-electron chi connectivity index (χ3n) is 4.28. The van der Waals surface area contributed by atoms with Gasteiger partial charge in [-0.25, -0.2) is 4.68 Å². The van der Waals surface area contributed by atoms with E-state index in [1.165, 1.54) is 10.7 Å². The Morgan fingerprint density at radius 2 is 1.86 bits per heavy atom. The first-order valence-corrected chi connectivity index (χ1v) is 9.13. The van der Waals surface area contributed by atoms with Crippen LogP contribution in [0.2, 0.25) is 0 Å². The van der Waals surface area contributed by atoms with Gasteiger partial charge in [0.1, 0.15) is 5.75 Å². The lowest BCUT2D eigenvalue weighted by Gasteiger charge is -2.11. The monoisotopic (exact) mass is 377 g/mol. The second-order valence-electron chi connectivity index (χ2n) is 6.55. The quantitative estimate of drug-likeness (QED) is 0.687. The smallest absolute Gasteiger partial charge is 0.266 e. The maximum atomic E-state index is 12.0. The number of benzene rings is 2. The molecule has 0 radical (unpaired) electrons. The molecule has 1 amide bonds. The number of ether oxygens (including phenoxy) is 1. The van der Waals surface area contributed by atoms with Crippen molar-refractivity contribution >= 4 is 5.91 Å². The fraction of sp³-hybridized carbons (Fsp3) is 0.227. The van der Waals surface area contributed by atoms with E-state index in [1.807, 2.05) is 62.4 Å². The van der Waals surface area contributed by atoms with Crippen LogP contribution in [-0.2, 0) is 11.3 Å². The standard InChI is InChI=1S/C22H23N3O3/c1-16-8-9-17(2)20(14-16)28-15-21(26)23-12-13-25-22(27)11-10-19(24-25)18-6-4-3-5-7-18/h3-11,14H,12-13,15H2,1-2H3,(H,23,26). The minimum Gasteiger partial charge on any atom is -0.483 e. The third kappa shape index (κ3) is 5.07. The molecule has 0 bridgehead atoms. The van der Waals surface area contributed by atoms with Crippen LogP contribution in [0.25, 0.3) is 11.3 Å². The normalized spacial score (nSPS) is 10.5. The van der Waals surface area contributed by atoms with E-state index in [-0.39, 0.29) is 24.6 Å². The summed E-state index contributed by atoms with van der Waals surface area (Å²) in [5.41, 5.74) is 3.49. The largest absolute Gasteiger partial charge is 0.483 e. The second-order valence-corrected chi connectivity index (χ2v) is 6.55. The van der Waals surface area contributed by atoms with Crippen molar-refractivity contribution in [3.63, 3.8) is 0 Å². The Bertz CT molecular complexity index is 1010. The highest BCUT2D eigenvalue weighted by Gasteiger charge is 2.07. The highest BCUT2D eigenvalue weighted by atomic mass is 16.5. The molecule has 0 spiro atoms. The van der Waals surface area contributed by atoms with Crippen LogP contribution >= 0.6 is 0 Å². The van der Waals surface area contributed by atoms with Crippen molar-refractivity contribution in [3.05, 3.63) is 82.1 Å². The Labute approximate surface area is 163 Å². The number of nitrogens with zero attached hydrogens (tertiary/aromatic N) is 2. The summed E-state index contributed by atoms with van der Waals surface area (Å²) in [5, 5.41) is 7.13. The van der Waals surface area contributed by atoms with Gasteiger partial charge in [-0.15, -0.1) is 0 Å². The Kier molecular flexibility index (Phi) is 6.22. The van der Waals surface area contributed by atoms with Crippen LogP contribution in [0.3, 0.4) is 0 Å². The lowest BCUT2D eigenvalue weighted by atomic mass is 10.1. The fourth-order valence-electron chi connectivity index (χ4n) is 2.73. The van der Waals surface area contributed by atoms with Crippen LogP contribution < -0.4 is 15.6 Å². The van der Waals surface area contributed by atoms with Crippen LogP contribution in [-0.4, -0.2) is 28.8 Å². The number of nitrogens with one attached hydrogen (secondary N) is 1. The van der Waals surface area contributed by atoms with Crippen LogP contribution in [0, 0.1) is 13.8 Å². The summed E-state index contributed by atoms with van der Waals surface area (Å²) in [7, 11) is 0. The van der Waals surface area contributed by atoms with E-state index in [0.717, 1.165) is 16.7 Å². The van der Waals surface area contributed by atoms with E-state index in [9.17, 15) is 9.59 Å². The molecule has 0 unspecified atom stereocenters. The molecule has 3 aromatic rings. The Morgan fingerprint density at radius 1 is 1.07 bits per heavy atom. The molecule has 144 valence electrons. The number of amides is 1. The molecule has 0 saturated heterocycles. The van der Waals surface area contributed by atoms with E-state index in [2.05, 4.69) is 10.4 Å². The highest BCUT2D eigenvalue weighted by molar-refractivity contribution is 5.77. The van der Waals surface area contributed by atoms with Crippen LogP contribution in [0.1, 0.15) is 11.1 Å². The van der Waals surface area contributed by atoms with Gasteiger partial charge in [0.15, 0.2) is 6.61 Å². The topological polar surface area (TPSA) is 73.2 Å². The van der Waals surface area contributed by atoms with Crippen LogP contribution in [0.15, 0.2) is 65.5 Å². The zero-order chi connectivity index (χ0) is 19.9. The number of carbonyl (C=O) groups is 1. The molecule has 0 atom stereocenters. The van der Waals surface area contributed by atoms with E-state index < -0.39 is 0 Å². The first-order chi connectivity index (χ1) is 13.5. The summed E-state index contributed by atoms with van der Waals surface area (Å²) >= 11 is 0. The molecule has 6 nitrogen and oxygen atoms in total. The zero-order valence-corrected chi connectivity index (χ0v) is 16.0. The van der Waals surface area contributed by atoms with E-state index >= 15 is 0 Å². The van der Waals surface area contributed by atoms with Gasteiger partial charge in [-0.2, -0.15) is 5.10 Å². The third-order valence-corrected chi connectivity index (χ3v) is 4.28. The SMILES string of the molecule is Cc1ccc(C)c(OCC(=O)NCCn2nc(-c3ccccc3)ccc2=O)c1. The highest BCUT2D eigenvalue weighted by Crippen LogP contribution is 2.18. The van der Waals surface area contributed by atoms with Gasteiger partial charge < -0.3 is 10.1 Å². The molecule has 0 fully saturated rings. The number of carbonyl (C=O) groups excluding carboxylic acids is 1. The summed E-state index contributed by atoms with van der Waals surface area (Å²) in [6, 6.07) is 18.7. The lowest BCUT2D eigenvalue weighted by molar-refractivity contribution is -0.123. The summed E-state index contributed by atoms with van der Waals surface area (Å²) in [5.74, 6) is 0.455. The van der Waals surface area contributed by atoms with Crippen molar-refractivity contribution < 1.29 is 9.53 Å². The predicted molar refractivity (Wildman–Crippen MR) is 108 cm³/mol. The Balaban J connectivity index is 1.54. The van der Waals surface area contributed by atoms with E-state index in [4.69, 9.17) is 4.74 Å². The average molecular weight is 377 g/mol. The molecule has 1 heterocycles. The van der Waals surface area contributed by atoms with Crippen molar-refractivity contribution in [2.24, 2.45) is 0 Å². The number of hydrogen-bond donors (Lipinski definition) is 1. The van der Waals surface area contributed by atoms with Crippen molar-refractivity contribution in [2.45, 2.75) is 20.4 Å². The molecule has 0 aliphatic heterocycles. The van der Waals surface area contributed by atoms with Crippen LogP contribution in [0.5, 0.6) is 5.75 Å². The number of aromatic nitrogens is 2. The van der Waals surface area contributed by atoms with Gasteiger partial charge >= 0.3 is 0 Å². The van der Waals surface area contributed by atoms with Gasteiger partial charge in [0.2, 0.25) is 0 Å². The van der Waals surface area contributed by atoms with E-state index in [0.29, 0.717) is 18.0 Å². The van der Waals surface area contributed by atoms with Crippen LogP contribution in [0.4, 0.5) is 0 Å². The zero-order valence-electron chi connectivity index (χ0n) is 16.0. The van der Waals surface area contributed by atoms with Crippen molar-refractivity contribution in [1.29, 1.82) is 0 Å². The van der Waals surface area contributed by atoms with Gasteiger partial charge in [0, 0.05) is 18.2 Å². The molecule has 28 heavy (non-hydrogen) atoms. The summed E-state index contributed by atoms with van der Waals surface area (Å²) in [4.78, 5) is 24.1. The molecule has 0 saturated carbocycles. The lowest BCUT2D eigenvalue weighted by Crippen LogP contribution is -2.34. The molecule has 1 aromatic heterocycles. The summed E-state index contributed by atoms with van der Waals surface area (Å²) < 4.78 is 6.94. The average Bonchev–Trinajstić information content (AvgIpc) is 2.70. The van der Waals surface area contributed by atoms with E-state index in [1.54, 1.807) is 6.07 Å². The maximum absolute atomic E-state index is 12.0. The number of rotatable bonds is 7. The number of hydrogen-bond acceptors (Lipinski definition) is 4. The number of aryl methyl sites for hydroxylation is 2. The molecule has 6 heteroatoms. The Hall–Kier alpha value is -3.41. The van der Waals surface area contributed by atoms with Crippen molar-refractivity contribution in [3.8, 4) is 17.0 Å². The van der Waals surface area contributed by atoms with Gasteiger partial charge in [-0.1, -0.05) is 42.5 Å². The molecule has 3 rings (SSSR count). The minimum absolute atomic E-state index is 0.0727. The van der Waals surface area contributed by atoms with Gasteiger partial charge in [0.25, 0.3) is 11.5 Å². The summed E-state index contributed by atoms with van der Waals surface area (Å²) in [6.07, 6.45) is 0. The maximum Gasteiger partial charge on any atom is 0.266 e. The second kappa shape index (κ2) is 8.99. The Morgan fingerprint density at radius 3 is 2.64 bits per heavy atom. The van der Waals surface area contributed by atoms with Crippen molar-refractivity contribution in [1.82, 2.24) is 15.1 Å². The van der Waals surface area contributed by atoms with Gasteiger partial charge in [-0.05, 0) is 37.1 Å². The first-order valence-electron chi connectivity index (χ1n) is 9.13. The minimum atomic E-state index is -0.242. The molecule has 2 aromatic carbocycles. The van der Waals surface area contributed by atoms with Crippen molar-refractivity contribution in [2.75, 3.05) is 13.2 Å². The predicted octanol–water partition coefficient (Wildman–Crippen LogP) is 2.72. The molecular weight excluding hydrogens is 354 g/mol. The molecular formula is C22H23N3O3. The fourth-order valence-corrected chi connectivity index (χ4v) is 2.73. The molecule has 0 aliphatic carbocycles.